The highest BCUT2D eigenvalue weighted by Crippen LogP contribution is 2.34. The highest BCUT2D eigenvalue weighted by molar-refractivity contribution is 6.02. The normalized spacial score (nSPS) is 17.2. The number of ketones is 1. The first-order chi connectivity index (χ1) is 9.65. The van der Waals surface area contributed by atoms with Crippen molar-refractivity contribution < 1.29 is 4.79 Å². The molecule has 2 aromatic carbocycles. The number of anilines is 1. The number of aryl methyl sites for hydroxylation is 2. The molecule has 0 bridgehead atoms. The lowest BCUT2D eigenvalue weighted by Gasteiger charge is -2.26. The van der Waals surface area contributed by atoms with Crippen LogP contribution in [0.5, 0.6) is 0 Å². The minimum absolute atomic E-state index is 0.0198. The van der Waals surface area contributed by atoms with Gasteiger partial charge in [-0.25, -0.2) is 0 Å². The molecule has 0 saturated heterocycles. The number of benzene rings is 2. The van der Waals surface area contributed by atoms with Crippen LogP contribution < -0.4 is 5.32 Å². The molecule has 20 heavy (non-hydrogen) atoms. The summed E-state index contributed by atoms with van der Waals surface area (Å²) in [5, 5.41) is 3.37. The van der Waals surface area contributed by atoms with Gasteiger partial charge in [0.1, 0.15) is 0 Å². The van der Waals surface area contributed by atoms with E-state index in [1.807, 2.05) is 38.1 Å². The van der Waals surface area contributed by atoms with Crippen LogP contribution in [-0.2, 0) is 0 Å². The van der Waals surface area contributed by atoms with Crippen molar-refractivity contribution in [2.24, 2.45) is 0 Å². The molecule has 0 aliphatic carbocycles. The van der Waals surface area contributed by atoms with E-state index in [0.717, 1.165) is 40.9 Å². The van der Waals surface area contributed by atoms with Gasteiger partial charge >= 0.3 is 0 Å². The molecule has 1 aliphatic rings. The highest BCUT2D eigenvalue weighted by atomic mass is 16.1. The monoisotopic (exact) mass is 265 g/mol. The first kappa shape index (κ1) is 12.9. The molecule has 102 valence electrons. The van der Waals surface area contributed by atoms with Crippen LogP contribution in [0.1, 0.15) is 39.4 Å². The third-order valence-electron chi connectivity index (χ3n) is 3.91. The number of rotatable bonds is 2. The van der Waals surface area contributed by atoms with Gasteiger partial charge in [-0.05, 0) is 44.0 Å². The van der Waals surface area contributed by atoms with Crippen molar-refractivity contribution in [2.75, 3.05) is 11.9 Å². The summed E-state index contributed by atoms with van der Waals surface area (Å²) in [6.45, 7) is 4.94. The van der Waals surface area contributed by atoms with Crippen LogP contribution in [0.4, 0.5) is 5.69 Å². The summed E-state index contributed by atoms with van der Waals surface area (Å²) < 4.78 is 0. The van der Waals surface area contributed by atoms with E-state index in [2.05, 4.69) is 23.5 Å². The van der Waals surface area contributed by atoms with E-state index >= 15 is 0 Å². The van der Waals surface area contributed by atoms with Gasteiger partial charge < -0.3 is 5.32 Å². The van der Waals surface area contributed by atoms with Crippen molar-refractivity contribution in [3.05, 3.63) is 64.7 Å². The van der Waals surface area contributed by atoms with Crippen LogP contribution in [0.15, 0.2) is 42.5 Å². The second kappa shape index (κ2) is 5.12. The molecule has 0 fully saturated rings. The molecule has 0 saturated carbocycles. The lowest BCUT2D eigenvalue weighted by atomic mass is 9.84. The second-order valence-corrected chi connectivity index (χ2v) is 5.60. The van der Waals surface area contributed by atoms with Crippen molar-refractivity contribution in [3.8, 4) is 0 Å². The number of hydrogen-bond acceptors (Lipinski definition) is 2. The molecule has 1 unspecified atom stereocenters. The van der Waals surface area contributed by atoms with E-state index in [4.69, 9.17) is 0 Å². The van der Waals surface area contributed by atoms with E-state index in [0.29, 0.717) is 0 Å². The maximum atomic E-state index is 12.8. The zero-order valence-electron chi connectivity index (χ0n) is 11.9. The standard InChI is InChI=1S/C18H19NO/c1-12-9-13(2)11-14(10-12)18(20)16-7-8-19-17-6-4-3-5-15(16)17/h3-6,9-11,16,19H,7-8H2,1-2H3. The maximum absolute atomic E-state index is 12.8. The summed E-state index contributed by atoms with van der Waals surface area (Å²) in [7, 11) is 0. The minimum atomic E-state index is -0.0198. The number of fused-ring (bicyclic) bond motifs is 1. The van der Waals surface area contributed by atoms with Gasteiger partial charge in [0.25, 0.3) is 0 Å². The molecule has 0 amide bonds. The molecule has 2 aromatic rings. The first-order valence-electron chi connectivity index (χ1n) is 7.10. The maximum Gasteiger partial charge on any atom is 0.170 e. The average molecular weight is 265 g/mol. The number of carbonyl (C=O) groups is 1. The van der Waals surface area contributed by atoms with Crippen molar-refractivity contribution in [1.82, 2.24) is 0 Å². The first-order valence-corrected chi connectivity index (χ1v) is 7.10. The summed E-state index contributed by atoms with van der Waals surface area (Å²) in [6, 6.07) is 14.2. The number of para-hydroxylation sites is 1. The van der Waals surface area contributed by atoms with E-state index in [-0.39, 0.29) is 11.7 Å². The summed E-state index contributed by atoms with van der Waals surface area (Å²) in [5.41, 5.74) is 5.36. The van der Waals surface area contributed by atoms with Crippen LogP contribution >= 0.6 is 0 Å². The van der Waals surface area contributed by atoms with Crippen LogP contribution in [0.25, 0.3) is 0 Å². The summed E-state index contributed by atoms with van der Waals surface area (Å²) in [5.74, 6) is 0.222. The Morgan fingerprint density at radius 2 is 1.80 bits per heavy atom. The Balaban J connectivity index is 1.99. The SMILES string of the molecule is Cc1cc(C)cc(C(=O)C2CCNc3ccccc32)c1. The van der Waals surface area contributed by atoms with Gasteiger partial charge in [0.15, 0.2) is 5.78 Å². The molecule has 2 nitrogen and oxygen atoms in total. The number of nitrogens with one attached hydrogen (secondary N) is 1. The molecule has 3 rings (SSSR count). The second-order valence-electron chi connectivity index (χ2n) is 5.60. The van der Waals surface area contributed by atoms with Crippen molar-refractivity contribution in [2.45, 2.75) is 26.2 Å². The topological polar surface area (TPSA) is 29.1 Å². The Morgan fingerprint density at radius 1 is 1.10 bits per heavy atom. The molecule has 2 heteroatoms. The molecule has 1 N–H and O–H groups in total. The molecule has 1 aliphatic heterocycles. The van der Waals surface area contributed by atoms with E-state index < -0.39 is 0 Å². The van der Waals surface area contributed by atoms with Gasteiger partial charge in [-0.1, -0.05) is 35.4 Å². The summed E-state index contributed by atoms with van der Waals surface area (Å²) in [6.07, 6.45) is 0.864. The molecule has 0 aromatic heterocycles. The van der Waals surface area contributed by atoms with Crippen LogP contribution in [-0.4, -0.2) is 12.3 Å². The fourth-order valence-electron chi connectivity index (χ4n) is 3.06. The largest absolute Gasteiger partial charge is 0.385 e. The Kier molecular flexibility index (Phi) is 3.31. The van der Waals surface area contributed by atoms with Gasteiger partial charge in [0.2, 0.25) is 0 Å². The molecule has 0 spiro atoms. The third kappa shape index (κ3) is 2.34. The predicted molar refractivity (Wildman–Crippen MR) is 82.5 cm³/mol. The lowest BCUT2D eigenvalue weighted by Crippen LogP contribution is -2.23. The molecule has 1 heterocycles. The van der Waals surface area contributed by atoms with Gasteiger partial charge in [-0.3, -0.25) is 4.79 Å². The fraction of sp³-hybridized carbons (Fsp3) is 0.278. The Hall–Kier alpha value is -2.09. The highest BCUT2D eigenvalue weighted by Gasteiger charge is 2.27. The fourth-order valence-corrected chi connectivity index (χ4v) is 3.06. The predicted octanol–water partition coefficient (Wildman–Crippen LogP) is 4.09. The summed E-state index contributed by atoms with van der Waals surface area (Å²) in [4.78, 5) is 12.8. The van der Waals surface area contributed by atoms with Gasteiger partial charge in [-0.2, -0.15) is 0 Å². The zero-order chi connectivity index (χ0) is 14.1. The molecular weight excluding hydrogens is 246 g/mol. The summed E-state index contributed by atoms with van der Waals surface area (Å²) >= 11 is 0. The van der Waals surface area contributed by atoms with Crippen molar-refractivity contribution in [3.63, 3.8) is 0 Å². The van der Waals surface area contributed by atoms with E-state index in [1.54, 1.807) is 0 Å². The van der Waals surface area contributed by atoms with E-state index in [1.165, 1.54) is 0 Å². The lowest BCUT2D eigenvalue weighted by molar-refractivity contribution is 0.0955. The number of Topliss-reactive ketones (excluding diaryl/α,β-unsaturated/α-hetero) is 1. The zero-order valence-corrected chi connectivity index (χ0v) is 11.9. The number of carbonyl (C=O) groups excluding carboxylic acids is 1. The minimum Gasteiger partial charge on any atom is -0.385 e. The van der Waals surface area contributed by atoms with Crippen LogP contribution in [0.3, 0.4) is 0 Å². The van der Waals surface area contributed by atoms with Gasteiger partial charge in [-0.15, -0.1) is 0 Å². The number of hydrogen-bond donors (Lipinski definition) is 1. The molecular formula is C18H19NO. The Bertz CT molecular complexity index is 640. The smallest absolute Gasteiger partial charge is 0.170 e. The van der Waals surface area contributed by atoms with Crippen LogP contribution in [0, 0.1) is 13.8 Å². The van der Waals surface area contributed by atoms with Gasteiger partial charge in [0.05, 0.1) is 5.92 Å². The molecule has 1 atom stereocenters. The van der Waals surface area contributed by atoms with Crippen LogP contribution in [0.2, 0.25) is 0 Å². The quantitative estimate of drug-likeness (QED) is 0.829. The van der Waals surface area contributed by atoms with Gasteiger partial charge in [0, 0.05) is 17.8 Å². The average Bonchev–Trinajstić information content (AvgIpc) is 2.45. The Labute approximate surface area is 119 Å². The Morgan fingerprint density at radius 3 is 2.55 bits per heavy atom. The molecule has 0 radical (unpaired) electrons. The third-order valence-corrected chi connectivity index (χ3v) is 3.91. The van der Waals surface area contributed by atoms with Crippen molar-refractivity contribution >= 4 is 11.5 Å². The van der Waals surface area contributed by atoms with E-state index in [9.17, 15) is 4.79 Å². The van der Waals surface area contributed by atoms with Crippen molar-refractivity contribution in [1.29, 1.82) is 0 Å².